The summed E-state index contributed by atoms with van der Waals surface area (Å²) in [6.45, 7) is 2.16. The minimum absolute atomic E-state index is 0.164. The van der Waals surface area contributed by atoms with Gasteiger partial charge in [-0.05, 0) is 38.5 Å². The molecule has 3 atom stereocenters. The Bertz CT molecular complexity index is 309. The number of aliphatic hydroxyl groups excluding tert-OH is 1. The Morgan fingerprint density at radius 3 is 2.78 bits per heavy atom. The summed E-state index contributed by atoms with van der Waals surface area (Å²) >= 11 is 1.73. The molecule has 4 nitrogen and oxygen atoms in total. The Hall–Kier alpha value is -0.260. The van der Waals surface area contributed by atoms with Crippen LogP contribution < -0.4 is 5.32 Å². The van der Waals surface area contributed by atoms with Gasteiger partial charge in [-0.25, -0.2) is 0 Å². The fraction of sp³-hybridized carbons (Fsp3) is 0.923. The van der Waals surface area contributed by atoms with Crippen LogP contribution in [-0.4, -0.2) is 44.9 Å². The Labute approximate surface area is 113 Å². The topological polar surface area (TPSA) is 69.6 Å². The largest absolute Gasteiger partial charge is 0.480 e. The lowest BCUT2D eigenvalue weighted by atomic mass is 9.81. The van der Waals surface area contributed by atoms with Gasteiger partial charge >= 0.3 is 5.97 Å². The first-order valence-corrected chi connectivity index (χ1v) is 7.77. The van der Waals surface area contributed by atoms with Crippen LogP contribution in [0.5, 0.6) is 0 Å². The molecule has 2 fully saturated rings. The van der Waals surface area contributed by atoms with Crippen molar-refractivity contribution in [1.82, 2.24) is 5.32 Å². The molecule has 0 heterocycles. The molecule has 0 bridgehead atoms. The van der Waals surface area contributed by atoms with Crippen LogP contribution >= 0.6 is 11.8 Å². The summed E-state index contributed by atoms with van der Waals surface area (Å²) in [5.74, 6) is -0.698. The summed E-state index contributed by atoms with van der Waals surface area (Å²) < 4.78 is 0. The van der Waals surface area contributed by atoms with Crippen LogP contribution in [0, 0.1) is 0 Å². The Balaban J connectivity index is 1.98. The maximum atomic E-state index is 11.6. The standard InChI is InChI=1S/C13H23NO3S/c1-9(8-15)18-11-3-2-6-13(7-11,12(16)17)14-10-4-5-10/h9-11,14-15H,2-8H2,1H3,(H,16,17). The lowest BCUT2D eigenvalue weighted by Gasteiger charge is -2.39. The number of carboxylic acids is 1. The fourth-order valence-electron chi connectivity index (χ4n) is 2.72. The van der Waals surface area contributed by atoms with E-state index in [9.17, 15) is 9.90 Å². The molecule has 18 heavy (non-hydrogen) atoms. The van der Waals surface area contributed by atoms with Gasteiger partial charge in [0, 0.05) is 16.5 Å². The Morgan fingerprint density at radius 1 is 1.50 bits per heavy atom. The predicted molar refractivity (Wildman–Crippen MR) is 72.9 cm³/mol. The molecule has 3 unspecified atom stereocenters. The molecule has 0 aromatic heterocycles. The van der Waals surface area contributed by atoms with Crippen LogP contribution in [-0.2, 0) is 4.79 Å². The van der Waals surface area contributed by atoms with Crippen molar-refractivity contribution in [1.29, 1.82) is 0 Å². The lowest BCUT2D eigenvalue weighted by molar-refractivity contribution is -0.146. The van der Waals surface area contributed by atoms with E-state index < -0.39 is 11.5 Å². The average molecular weight is 273 g/mol. The number of carboxylic acid groups (broad SMARTS) is 1. The minimum Gasteiger partial charge on any atom is -0.480 e. The van der Waals surface area contributed by atoms with E-state index in [-0.39, 0.29) is 11.9 Å². The van der Waals surface area contributed by atoms with E-state index in [1.165, 1.54) is 0 Å². The zero-order chi connectivity index (χ0) is 13.2. The maximum absolute atomic E-state index is 11.6. The molecule has 0 saturated heterocycles. The van der Waals surface area contributed by atoms with Crippen LogP contribution in [0.1, 0.15) is 45.4 Å². The molecule has 2 aliphatic rings. The van der Waals surface area contributed by atoms with Gasteiger partial charge in [-0.1, -0.05) is 6.92 Å². The van der Waals surface area contributed by atoms with Gasteiger partial charge in [0.2, 0.25) is 0 Å². The number of aliphatic hydroxyl groups is 1. The molecule has 0 amide bonds. The number of nitrogens with one attached hydrogen (secondary N) is 1. The van der Waals surface area contributed by atoms with Gasteiger partial charge in [0.1, 0.15) is 5.54 Å². The van der Waals surface area contributed by atoms with Crippen molar-refractivity contribution in [2.75, 3.05) is 6.61 Å². The highest BCUT2D eigenvalue weighted by Gasteiger charge is 2.46. The first-order valence-electron chi connectivity index (χ1n) is 6.83. The van der Waals surface area contributed by atoms with Crippen molar-refractivity contribution in [3.05, 3.63) is 0 Å². The second kappa shape index (κ2) is 5.80. The number of hydrogen-bond donors (Lipinski definition) is 3. The van der Waals surface area contributed by atoms with Crippen molar-refractivity contribution in [3.8, 4) is 0 Å². The van der Waals surface area contributed by atoms with E-state index in [0.29, 0.717) is 17.7 Å². The molecular formula is C13H23NO3S. The number of thioether (sulfide) groups is 1. The number of carbonyl (C=O) groups is 1. The van der Waals surface area contributed by atoms with Crippen molar-refractivity contribution in [2.45, 2.75) is 67.5 Å². The summed E-state index contributed by atoms with van der Waals surface area (Å²) in [5, 5.41) is 22.6. The summed E-state index contributed by atoms with van der Waals surface area (Å²) in [6, 6.07) is 0.417. The normalized spacial score (nSPS) is 34.2. The third-order valence-corrected chi connectivity index (χ3v) is 5.26. The monoisotopic (exact) mass is 273 g/mol. The number of aliphatic carboxylic acids is 1. The number of rotatable bonds is 6. The van der Waals surface area contributed by atoms with Gasteiger partial charge in [0.05, 0.1) is 6.61 Å². The van der Waals surface area contributed by atoms with Crippen molar-refractivity contribution in [2.24, 2.45) is 0 Å². The van der Waals surface area contributed by atoms with Gasteiger partial charge in [0.25, 0.3) is 0 Å². The number of hydrogen-bond acceptors (Lipinski definition) is 4. The summed E-state index contributed by atoms with van der Waals surface area (Å²) in [6.07, 6.45) is 5.68. The van der Waals surface area contributed by atoms with E-state index in [0.717, 1.165) is 32.1 Å². The first-order chi connectivity index (χ1) is 8.55. The molecule has 2 saturated carbocycles. The van der Waals surface area contributed by atoms with Crippen LogP contribution in [0.25, 0.3) is 0 Å². The second-order valence-electron chi connectivity index (χ2n) is 5.65. The van der Waals surface area contributed by atoms with Crippen LogP contribution in [0.2, 0.25) is 0 Å². The van der Waals surface area contributed by atoms with Crippen LogP contribution in [0.3, 0.4) is 0 Å². The zero-order valence-electron chi connectivity index (χ0n) is 10.9. The van der Waals surface area contributed by atoms with Gasteiger partial charge in [-0.3, -0.25) is 10.1 Å². The quantitative estimate of drug-likeness (QED) is 0.686. The highest BCUT2D eigenvalue weighted by Crippen LogP contribution is 2.38. The van der Waals surface area contributed by atoms with E-state index in [1.807, 2.05) is 6.92 Å². The minimum atomic E-state index is -0.716. The molecule has 0 aromatic rings. The summed E-state index contributed by atoms with van der Waals surface area (Å²) in [5.41, 5.74) is -0.716. The molecule has 0 radical (unpaired) electrons. The SMILES string of the molecule is CC(CO)SC1CCCC(NC2CC2)(C(=O)O)C1. The molecule has 3 N–H and O–H groups in total. The summed E-state index contributed by atoms with van der Waals surface area (Å²) in [4.78, 5) is 11.6. The van der Waals surface area contributed by atoms with Crippen molar-refractivity contribution < 1.29 is 15.0 Å². The highest BCUT2D eigenvalue weighted by atomic mass is 32.2. The Morgan fingerprint density at radius 2 is 2.22 bits per heavy atom. The summed E-state index contributed by atoms with van der Waals surface area (Å²) in [7, 11) is 0. The van der Waals surface area contributed by atoms with Crippen LogP contribution in [0.15, 0.2) is 0 Å². The van der Waals surface area contributed by atoms with Gasteiger partial charge < -0.3 is 10.2 Å². The lowest BCUT2D eigenvalue weighted by Crippen LogP contribution is -2.56. The molecule has 0 spiro atoms. The van der Waals surface area contributed by atoms with Gasteiger partial charge in [-0.2, -0.15) is 11.8 Å². The molecule has 0 aromatic carbocycles. The third kappa shape index (κ3) is 3.39. The molecule has 0 aliphatic heterocycles. The third-order valence-electron chi connectivity index (χ3n) is 3.85. The zero-order valence-corrected chi connectivity index (χ0v) is 11.7. The van der Waals surface area contributed by atoms with Crippen LogP contribution in [0.4, 0.5) is 0 Å². The molecule has 2 rings (SSSR count). The average Bonchev–Trinajstić information content (AvgIpc) is 3.13. The van der Waals surface area contributed by atoms with E-state index in [4.69, 9.17) is 5.11 Å². The van der Waals surface area contributed by atoms with E-state index in [2.05, 4.69) is 5.32 Å². The van der Waals surface area contributed by atoms with E-state index >= 15 is 0 Å². The molecule has 104 valence electrons. The molecule has 5 heteroatoms. The van der Waals surface area contributed by atoms with E-state index in [1.54, 1.807) is 11.8 Å². The fourth-order valence-corrected chi connectivity index (χ4v) is 4.14. The second-order valence-corrected chi connectivity index (χ2v) is 7.40. The predicted octanol–water partition coefficient (Wildman–Crippen LogP) is 1.62. The molecular weight excluding hydrogens is 250 g/mol. The molecule has 2 aliphatic carbocycles. The van der Waals surface area contributed by atoms with Crippen molar-refractivity contribution >= 4 is 17.7 Å². The smallest absolute Gasteiger partial charge is 0.323 e. The van der Waals surface area contributed by atoms with Gasteiger partial charge in [0.15, 0.2) is 0 Å². The van der Waals surface area contributed by atoms with Crippen molar-refractivity contribution in [3.63, 3.8) is 0 Å². The maximum Gasteiger partial charge on any atom is 0.323 e. The first kappa shape index (κ1) is 14.2. The Kier molecular flexibility index (Phi) is 4.56. The highest BCUT2D eigenvalue weighted by molar-refractivity contribution is 8.00. The van der Waals surface area contributed by atoms with Gasteiger partial charge in [-0.15, -0.1) is 0 Å².